The molecule has 13 heavy (non-hydrogen) atoms. The summed E-state index contributed by atoms with van der Waals surface area (Å²) in [6.07, 6.45) is 0.169. The molecule has 0 aliphatic heterocycles. The molecule has 1 aliphatic rings. The Bertz CT molecular complexity index is 244. The van der Waals surface area contributed by atoms with Crippen molar-refractivity contribution in [3.8, 4) is 6.07 Å². The molecular formula is C9H11F2NO. The summed E-state index contributed by atoms with van der Waals surface area (Å²) in [5, 5.41) is 8.24. The van der Waals surface area contributed by atoms with Crippen LogP contribution >= 0.6 is 0 Å². The molecule has 4 heteroatoms. The zero-order valence-corrected chi connectivity index (χ0v) is 7.22. The second-order valence-electron chi connectivity index (χ2n) is 3.45. The van der Waals surface area contributed by atoms with Gasteiger partial charge in [-0.2, -0.15) is 5.26 Å². The number of rotatable bonds is 2. The van der Waals surface area contributed by atoms with E-state index in [-0.39, 0.29) is 25.0 Å². The Hall–Kier alpha value is -0.980. The Morgan fingerprint density at radius 1 is 1.62 bits per heavy atom. The van der Waals surface area contributed by atoms with E-state index >= 15 is 0 Å². The van der Waals surface area contributed by atoms with E-state index in [1.54, 1.807) is 6.07 Å². The van der Waals surface area contributed by atoms with Crippen LogP contribution in [-0.4, -0.2) is 11.7 Å². The van der Waals surface area contributed by atoms with Crippen molar-refractivity contribution in [1.82, 2.24) is 0 Å². The third-order valence-electron chi connectivity index (χ3n) is 2.35. The van der Waals surface area contributed by atoms with Crippen molar-refractivity contribution in [3.05, 3.63) is 0 Å². The van der Waals surface area contributed by atoms with Gasteiger partial charge in [-0.25, -0.2) is 8.78 Å². The van der Waals surface area contributed by atoms with Gasteiger partial charge < -0.3 is 0 Å². The molecule has 1 saturated carbocycles. The zero-order valence-electron chi connectivity index (χ0n) is 7.22. The second-order valence-corrected chi connectivity index (χ2v) is 3.45. The normalized spacial score (nSPS) is 26.4. The lowest BCUT2D eigenvalue weighted by Crippen LogP contribution is -2.30. The molecule has 0 radical (unpaired) electrons. The molecule has 1 rings (SSSR count). The number of alkyl halides is 2. The number of halogens is 2. The van der Waals surface area contributed by atoms with Gasteiger partial charge in [-0.05, 0) is 12.8 Å². The average Bonchev–Trinajstić information content (AvgIpc) is 2.03. The molecule has 0 spiro atoms. The topological polar surface area (TPSA) is 40.9 Å². The number of nitriles is 1. The molecule has 1 aliphatic carbocycles. The zero-order chi connectivity index (χ0) is 9.90. The summed E-state index contributed by atoms with van der Waals surface area (Å²) in [7, 11) is 0. The molecule has 0 heterocycles. The fourth-order valence-corrected chi connectivity index (χ4v) is 1.67. The van der Waals surface area contributed by atoms with E-state index in [0.717, 1.165) is 0 Å². The van der Waals surface area contributed by atoms with Gasteiger partial charge in [0, 0.05) is 18.8 Å². The van der Waals surface area contributed by atoms with Crippen molar-refractivity contribution in [2.75, 3.05) is 0 Å². The van der Waals surface area contributed by atoms with E-state index in [1.165, 1.54) is 0 Å². The minimum absolute atomic E-state index is 0.122. The van der Waals surface area contributed by atoms with Crippen LogP contribution in [0.5, 0.6) is 0 Å². The molecule has 0 amide bonds. The minimum Gasteiger partial charge on any atom is -0.298 e. The van der Waals surface area contributed by atoms with Crippen molar-refractivity contribution < 1.29 is 13.6 Å². The number of Topliss-reactive ketones (excluding diaryl/α,β-unsaturated/α-hetero) is 1. The fourth-order valence-electron chi connectivity index (χ4n) is 1.67. The first-order valence-corrected chi connectivity index (χ1v) is 4.33. The van der Waals surface area contributed by atoms with E-state index in [2.05, 4.69) is 0 Å². The van der Waals surface area contributed by atoms with Crippen LogP contribution in [0.1, 0.15) is 32.1 Å². The van der Waals surface area contributed by atoms with Gasteiger partial charge in [-0.15, -0.1) is 0 Å². The van der Waals surface area contributed by atoms with Crippen LogP contribution in [0.2, 0.25) is 0 Å². The van der Waals surface area contributed by atoms with Gasteiger partial charge in [-0.1, -0.05) is 0 Å². The number of hydrogen-bond donors (Lipinski definition) is 0. The average molecular weight is 187 g/mol. The highest BCUT2D eigenvalue weighted by Crippen LogP contribution is 2.37. The van der Waals surface area contributed by atoms with Gasteiger partial charge in [-0.3, -0.25) is 4.79 Å². The second kappa shape index (κ2) is 3.82. The summed E-state index contributed by atoms with van der Waals surface area (Å²) in [5.41, 5.74) is 0. The number of hydrogen-bond acceptors (Lipinski definition) is 2. The van der Waals surface area contributed by atoms with Gasteiger partial charge in [0.1, 0.15) is 5.78 Å². The van der Waals surface area contributed by atoms with Crippen LogP contribution in [0.15, 0.2) is 0 Å². The molecule has 2 nitrogen and oxygen atoms in total. The molecule has 0 bridgehead atoms. The number of ketones is 1. The first kappa shape index (κ1) is 10.1. The predicted octanol–water partition coefficient (Wildman–Crippen LogP) is 2.29. The smallest absolute Gasteiger partial charge is 0.248 e. The lowest BCUT2D eigenvalue weighted by Gasteiger charge is -2.27. The molecule has 1 fully saturated rings. The van der Waals surface area contributed by atoms with Crippen molar-refractivity contribution >= 4 is 5.78 Å². The summed E-state index contributed by atoms with van der Waals surface area (Å²) in [6, 6.07) is 1.70. The van der Waals surface area contributed by atoms with E-state index in [0.29, 0.717) is 12.8 Å². The summed E-state index contributed by atoms with van der Waals surface area (Å²) >= 11 is 0. The Balaban J connectivity index is 2.53. The van der Waals surface area contributed by atoms with Crippen molar-refractivity contribution in [2.45, 2.75) is 38.0 Å². The van der Waals surface area contributed by atoms with E-state index < -0.39 is 11.8 Å². The summed E-state index contributed by atoms with van der Waals surface area (Å²) in [4.78, 5) is 11.1. The quantitative estimate of drug-likeness (QED) is 0.665. The Kier molecular flexibility index (Phi) is 2.97. The molecule has 0 aromatic rings. The van der Waals surface area contributed by atoms with Crippen LogP contribution in [0.4, 0.5) is 8.78 Å². The van der Waals surface area contributed by atoms with Gasteiger partial charge in [0.15, 0.2) is 0 Å². The van der Waals surface area contributed by atoms with Gasteiger partial charge in [0.05, 0.1) is 12.5 Å². The molecule has 1 atom stereocenters. The largest absolute Gasteiger partial charge is 0.298 e. The highest BCUT2D eigenvalue weighted by atomic mass is 19.3. The molecule has 1 unspecified atom stereocenters. The number of nitrogens with zero attached hydrogens (tertiary/aromatic N) is 1. The van der Waals surface area contributed by atoms with Gasteiger partial charge in [0.2, 0.25) is 5.92 Å². The lowest BCUT2D eigenvalue weighted by molar-refractivity contribution is -0.129. The maximum atomic E-state index is 12.8. The molecule has 0 aromatic carbocycles. The summed E-state index contributed by atoms with van der Waals surface area (Å²) in [5.74, 6) is -3.63. The molecular weight excluding hydrogens is 176 g/mol. The summed E-state index contributed by atoms with van der Waals surface area (Å²) < 4.78 is 25.6. The molecule has 0 saturated heterocycles. The maximum absolute atomic E-state index is 12.8. The van der Waals surface area contributed by atoms with Gasteiger partial charge in [0.25, 0.3) is 0 Å². The van der Waals surface area contributed by atoms with Gasteiger partial charge >= 0.3 is 0 Å². The third kappa shape index (κ3) is 2.76. The summed E-state index contributed by atoms with van der Waals surface area (Å²) in [6.45, 7) is 0. The van der Waals surface area contributed by atoms with Crippen molar-refractivity contribution in [3.63, 3.8) is 0 Å². The van der Waals surface area contributed by atoms with Crippen LogP contribution in [0.25, 0.3) is 0 Å². The third-order valence-corrected chi connectivity index (χ3v) is 2.35. The molecule has 72 valence electrons. The van der Waals surface area contributed by atoms with Crippen LogP contribution in [0.3, 0.4) is 0 Å². The Labute approximate surface area is 75.5 Å². The van der Waals surface area contributed by atoms with Crippen molar-refractivity contribution in [1.29, 1.82) is 5.26 Å². The predicted molar refractivity (Wildman–Crippen MR) is 42.1 cm³/mol. The minimum atomic E-state index is -2.70. The van der Waals surface area contributed by atoms with Crippen LogP contribution < -0.4 is 0 Å². The first-order valence-electron chi connectivity index (χ1n) is 4.33. The van der Waals surface area contributed by atoms with E-state index in [4.69, 9.17) is 5.26 Å². The highest BCUT2D eigenvalue weighted by Gasteiger charge is 2.38. The lowest BCUT2D eigenvalue weighted by atomic mass is 9.83. The number of carbonyl (C=O) groups excluding carboxylic acids is 1. The standard InChI is InChI=1S/C9H11F2NO/c10-9(11)4-1-2-7(6-9)8(13)3-5-12/h7H,1-4,6H2. The van der Waals surface area contributed by atoms with E-state index in [9.17, 15) is 13.6 Å². The van der Waals surface area contributed by atoms with E-state index in [1.807, 2.05) is 0 Å². The van der Waals surface area contributed by atoms with Crippen molar-refractivity contribution in [2.24, 2.45) is 5.92 Å². The van der Waals surface area contributed by atoms with Crippen LogP contribution in [0, 0.1) is 17.2 Å². The maximum Gasteiger partial charge on any atom is 0.248 e. The monoisotopic (exact) mass is 187 g/mol. The Morgan fingerprint density at radius 2 is 2.31 bits per heavy atom. The molecule has 0 N–H and O–H groups in total. The molecule has 0 aromatic heterocycles. The Morgan fingerprint density at radius 3 is 2.85 bits per heavy atom. The SMILES string of the molecule is N#CCC(=O)C1CCCC(F)(F)C1. The highest BCUT2D eigenvalue weighted by molar-refractivity contribution is 5.83. The fraction of sp³-hybridized carbons (Fsp3) is 0.778. The van der Waals surface area contributed by atoms with Crippen LogP contribution in [-0.2, 0) is 4.79 Å². The first-order chi connectivity index (χ1) is 6.05. The number of carbonyl (C=O) groups is 1.